The summed E-state index contributed by atoms with van der Waals surface area (Å²) < 4.78 is 9.32. The number of rotatable bonds is 34. The topological polar surface area (TPSA) is 0 Å². The fourth-order valence-electron chi connectivity index (χ4n) is 13.4. The first-order chi connectivity index (χ1) is 38.9. The van der Waals surface area contributed by atoms with Crippen molar-refractivity contribution in [2.24, 2.45) is 23.7 Å². The number of hydrogen-bond donors (Lipinski definition) is 0. The molecule has 0 bridgehead atoms. The molecule has 0 nitrogen and oxygen atoms in total. The Labute approximate surface area is 514 Å². The van der Waals surface area contributed by atoms with E-state index in [0.717, 1.165) is 29.6 Å². The van der Waals surface area contributed by atoms with Crippen LogP contribution in [0.5, 0.6) is 0 Å². The minimum atomic E-state index is -0.160. The van der Waals surface area contributed by atoms with E-state index < -0.39 is 0 Å². The second-order valence-corrected chi connectivity index (χ2v) is 33.6. The van der Waals surface area contributed by atoms with E-state index in [1.165, 1.54) is 204 Å². The van der Waals surface area contributed by atoms with Gasteiger partial charge < -0.3 is 0 Å². The fraction of sp³-hybridized carbons (Fsp3) is 0.526. The Kier molecular flexibility index (Phi) is 28.2. The van der Waals surface area contributed by atoms with Crippen molar-refractivity contribution in [1.29, 1.82) is 0 Å². The Morgan fingerprint density at radius 2 is 0.734 bits per heavy atom. The van der Waals surface area contributed by atoms with E-state index in [1.807, 2.05) is 0 Å². The van der Waals surface area contributed by atoms with Gasteiger partial charge >= 0.3 is 63.6 Å². The standard InChI is InChI=1S/C76H102I3/c1-5-8-11-13-14-18-23-61-33-47-72(48-34-61)77-73-49-35-62(36-50-73)29-39-64(24-16-10-7-3)59(4)57-70(40-30-63-37-51-74(52-38-63)78-71-45-31-60(32-46-71)22-17-12-9-6-2)69-28-21-27-68(58-69)67-43-55-76(56-44-67)79-75-53-41-66(42-54-75)65-25-19-15-20-26-65/h31-38,41-56,59,64-65,68-70H,5-30,39-40,57-58H2,1-4H3/q+3. The normalized spacial score (nSPS) is 17.2. The van der Waals surface area contributed by atoms with Crippen molar-refractivity contribution in [3.8, 4) is 0 Å². The number of unbranched alkanes of at least 4 members (excludes halogenated alkanes) is 10. The Hall–Kier alpha value is -2.49. The van der Waals surface area contributed by atoms with Gasteiger partial charge in [-0.1, -0.05) is 210 Å². The maximum absolute atomic E-state index is 2.68. The van der Waals surface area contributed by atoms with Crippen LogP contribution in [0.3, 0.4) is 0 Å². The van der Waals surface area contributed by atoms with Gasteiger partial charge in [0.05, 0.1) is 0 Å². The third-order valence-corrected chi connectivity index (χ3v) is 26.4. The monoisotopic (exact) mass is 1400 g/mol. The molecule has 8 rings (SSSR count). The van der Waals surface area contributed by atoms with Gasteiger partial charge in [0.15, 0.2) is 21.4 Å². The van der Waals surface area contributed by atoms with Crippen molar-refractivity contribution in [3.63, 3.8) is 0 Å². The zero-order valence-electron chi connectivity index (χ0n) is 49.7. The molecule has 5 unspecified atom stereocenters. The molecule has 0 aliphatic heterocycles. The van der Waals surface area contributed by atoms with Crippen LogP contribution in [0.2, 0.25) is 0 Å². The molecule has 5 atom stereocenters. The zero-order valence-corrected chi connectivity index (χ0v) is 56.1. The van der Waals surface area contributed by atoms with Crippen LogP contribution < -0.4 is 63.6 Å². The second-order valence-electron chi connectivity index (χ2n) is 24.5. The van der Waals surface area contributed by atoms with Crippen LogP contribution in [0.25, 0.3) is 0 Å². The largest absolute Gasteiger partial charge is 0.357 e. The summed E-state index contributed by atoms with van der Waals surface area (Å²) >= 11 is -0.468. The molecule has 0 N–H and O–H groups in total. The summed E-state index contributed by atoms with van der Waals surface area (Å²) in [5.41, 5.74) is 9.32. The minimum Gasteiger partial charge on any atom is -0.0654 e. The van der Waals surface area contributed by atoms with E-state index in [9.17, 15) is 0 Å². The summed E-state index contributed by atoms with van der Waals surface area (Å²) in [6.07, 6.45) is 40.5. The van der Waals surface area contributed by atoms with Crippen LogP contribution in [0.4, 0.5) is 0 Å². The van der Waals surface area contributed by atoms with Gasteiger partial charge in [0.1, 0.15) is 0 Å². The lowest BCUT2D eigenvalue weighted by Gasteiger charge is -2.37. The molecule has 6 aromatic rings. The molecule has 0 spiro atoms. The molecule has 0 saturated heterocycles. The lowest BCUT2D eigenvalue weighted by atomic mass is 9.68. The van der Waals surface area contributed by atoms with Crippen LogP contribution in [-0.2, 0) is 25.7 Å². The predicted molar refractivity (Wildman–Crippen MR) is 328 cm³/mol. The molecule has 0 heterocycles. The second kappa shape index (κ2) is 35.6. The number of aryl methyl sites for hydroxylation is 4. The van der Waals surface area contributed by atoms with Crippen molar-refractivity contribution in [3.05, 3.63) is 200 Å². The van der Waals surface area contributed by atoms with E-state index in [2.05, 4.69) is 173 Å². The van der Waals surface area contributed by atoms with Crippen molar-refractivity contribution in [2.75, 3.05) is 0 Å². The SMILES string of the molecule is CCCCCCCCc1ccc([I+]c2ccc(CCC(CCCCC)C(C)CC(CCc3ccc([I+]c4ccc(CCCCCC)cc4)cc3)C3CCCC(c4ccc([I+]c5ccc(C6CCCCC6)cc5)cc4)C3)cc2)cc1. The molecular formula is C76H102I3+3. The maximum atomic E-state index is 2.68. The lowest BCUT2D eigenvalue weighted by Crippen LogP contribution is -3.61. The van der Waals surface area contributed by atoms with Crippen molar-refractivity contribution >= 4 is 0 Å². The highest BCUT2D eigenvalue weighted by molar-refractivity contribution is 5.23. The minimum absolute atomic E-state index is 0.151. The Balaban J connectivity index is 0.896. The predicted octanol–water partition coefficient (Wildman–Crippen LogP) is 12.5. The van der Waals surface area contributed by atoms with E-state index in [1.54, 1.807) is 43.7 Å². The first-order valence-corrected chi connectivity index (χ1v) is 38.9. The number of hydrogen-bond acceptors (Lipinski definition) is 0. The zero-order chi connectivity index (χ0) is 54.7. The number of benzene rings is 6. The number of halogens is 3. The third kappa shape index (κ3) is 21.9. The van der Waals surface area contributed by atoms with Gasteiger partial charge in [-0.25, -0.2) is 0 Å². The quantitative estimate of drug-likeness (QED) is 0.0279. The van der Waals surface area contributed by atoms with Gasteiger partial charge in [-0.05, 0) is 225 Å². The van der Waals surface area contributed by atoms with Gasteiger partial charge in [0, 0.05) is 0 Å². The van der Waals surface area contributed by atoms with E-state index in [0.29, 0.717) is 5.92 Å². The Morgan fingerprint density at radius 1 is 0.354 bits per heavy atom. The average Bonchev–Trinajstić information content (AvgIpc) is 3.50. The molecule has 2 aliphatic rings. The summed E-state index contributed by atoms with van der Waals surface area (Å²) in [6.45, 7) is 9.67. The molecule has 2 fully saturated rings. The molecule has 2 aliphatic carbocycles. The lowest BCUT2D eigenvalue weighted by molar-refractivity contribution is -0.597. The van der Waals surface area contributed by atoms with Crippen LogP contribution >= 0.6 is 0 Å². The molecule has 6 aromatic carbocycles. The summed E-state index contributed by atoms with van der Waals surface area (Å²) in [4.78, 5) is 0. The van der Waals surface area contributed by atoms with Gasteiger partial charge in [0.25, 0.3) is 0 Å². The van der Waals surface area contributed by atoms with Gasteiger partial charge in [-0.2, -0.15) is 0 Å². The smallest absolute Gasteiger partial charge is 0.0654 e. The van der Waals surface area contributed by atoms with Crippen molar-refractivity contribution in [1.82, 2.24) is 0 Å². The molecule has 0 aromatic heterocycles. The molecule has 0 amide bonds. The van der Waals surface area contributed by atoms with Crippen molar-refractivity contribution < 1.29 is 63.6 Å². The molecular weight excluding hydrogens is 1290 g/mol. The Bertz CT molecular complexity index is 2540. The highest BCUT2D eigenvalue weighted by atomic mass is 127. The summed E-state index contributed by atoms with van der Waals surface area (Å²) in [7, 11) is 0. The summed E-state index contributed by atoms with van der Waals surface area (Å²) in [5.74, 6) is 4.59. The van der Waals surface area contributed by atoms with Crippen LogP contribution in [0.1, 0.15) is 240 Å². The van der Waals surface area contributed by atoms with E-state index in [-0.39, 0.29) is 63.6 Å². The first kappa shape index (κ1) is 62.6. The third-order valence-electron chi connectivity index (χ3n) is 18.4. The molecule has 2 saturated carbocycles. The molecule has 424 valence electrons. The van der Waals surface area contributed by atoms with Crippen LogP contribution in [-0.4, -0.2) is 0 Å². The van der Waals surface area contributed by atoms with E-state index >= 15 is 0 Å². The average molecular weight is 1400 g/mol. The summed E-state index contributed by atoms with van der Waals surface area (Å²) in [6, 6.07) is 59.3. The molecule has 79 heavy (non-hydrogen) atoms. The molecule has 0 radical (unpaired) electrons. The summed E-state index contributed by atoms with van der Waals surface area (Å²) in [5, 5.41) is 0. The first-order valence-electron chi connectivity index (χ1n) is 32.4. The molecule has 3 heteroatoms. The van der Waals surface area contributed by atoms with Gasteiger partial charge in [-0.15, -0.1) is 0 Å². The maximum Gasteiger partial charge on any atom is 0.357 e. The van der Waals surface area contributed by atoms with Crippen LogP contribution in [0, 0.1) is 45.1 Å². The van der Waals surface area contributed by atoms with Crippen molar-refractivity contribution in [2.45, 2.75) is 232 Å². The van der Waals surface area contributed by atoms with Crippen LogP contribution in [0.15, 0.2) is 146 Å². The van der Waals surface area contributed by atoms with Gasteiger partial charge in [0.2, 0.25) is 0 Å². The Morgan fingerprint density at radius 3 is 1.22 bits per heavy atom. The van der Waals surface area contributed by atoms with Gasteiger partial charge in [-0.3, -0.25) is 0 Å². The highest BCUT2D eigenvalue weighted by Crippen LogP contribution is 2.44. The van der Waals surface area contributed by atoms with E-state index in [4.69, 9.17) is 0 Å². The fourth-order valence-corrected chi connectivity index (χ4v) is 19.9. The highest BCUT2D eigenvalue weighted by Gasteiger charge is 2.32.